The summed E-state index contributed by atoms with van der Waals surface area (Å²) in [5.74, 6) is 0.0600. The zero-order chi connectivity index (χ0) is 15.2. The van der Waals surface area contributed by atoms with Crippen molar-refractivity contribution >= 4 is 12.1 Å². The van der Waals surface area contributed by atoms with E-state index in [1.165, 1.54) is 13.2 Å². The fraction of sp³-hybridized carbons (Fsp3) is 0.733. The summed E-state index contributed by atoms with van der Waals surface area (Å²) < 4.78 is 9.80. The monoisotopic (exact) mass is 283 g/mol. The van der Waals surface area contributed by atoms with Crippen molar-refractivity contribution < 1.29 is 19.1 Å². The molecule has 0 aromatic rings. The number of hydrogen-bond donors (Lipinski definition) is 1. The Morgan fingerprint density at radius 3 is 2.25 bits per heavy atom. The van der Waals surface area contributed by atoms with E-state index in [4.69, 9.17) is 4.74 Å². The minimum absolute atomic E-state index is 0.160. The maximum Gasteiger partial charge on any atom is 0.407 e. The number of methoxy groups -OCH3 is 1. The number of esters is 1. The van der Waals surface area contributed by atoms with Crippen molar-refractivity contribution in [2.24, 2.45) is 5.92 Å². The minimum atomic E-state index is -0.468. The molecule has 0 aromatic carbocycles. The first-order valence-corrected chi connectivity index (χ1v) is 7.06. The summed E-state index contributed by atoms with van der Waals surface area (Å²) >= 11 is 0. The number of carbonyl (C=O) groups excluding carboxylic acids is 2. The van der Waals surface area contributed by atoms with Crippen LogP contribution in [-0.2, 0) is 14.3 Å². The molecule has 0 heterocycles. The molecule has 0 radical (unpaired) electrons. The average Bonchev–Trinajstić information content (AvgIpc) is 2.35. The third-order valence-corrected chi connectivity index (χ3v) is 3.20. The molecule has 0 atom stereocenters. The Morgan fingerprint density at radius 2 is 1.75 bits per heavy atom. The van der Waals surface area contributed by atoms with Gasteiger partial charge in [-0.15, -0.1) is 0 Å². The van der Waals surface area contributed by atoms with Crippen LogP contribution in [0.4, 0.5) is 4.79 Å². The standard InChI is InChI=1S/C15H25NO4/c1-15(2,3)20-14(18)16-12-8-5-11(6-9-12)7-10-13(17)19-4/h7,10-12H,5-6,8-9H2,1-4H3,(H,16,18)/b10-7+. The largest absolute Gasteiger partial charge is 0.466 e. The van der Waals surface area contributed by atoms with E-state index in [1.807, 2.05) is 26.8 Å². The van der Waals surface area contributed by atoms with E-state index in [0.717, 1.165) is 25.7 Å². The molecule has 0 aromatic heterocycles. The van der Waals surface area contributed by atoms with Gasteiger partial charge in [0.2, 0.25) is 0 Å². The molecule has 20 heavy (non-hydrogen) atoms. The van der Waals surface area contributed by atoms with Crippen molar-refractivity contribution in [3.63, 3.8) is 0 Å². The van der Waals surface area contributed by atoms with Gasteiger partial charge in [-0.05, 0) is 52.4 Å². The number of ether oxygens (including phenoxy) is 2. The van der Waals surface area contributed by atoms with Gasteiger partial charge in [-0.1, -0.05) is 6.08 Å². The lowest BCUT2D eigenvalue weighted by Gasteiger charge is -2.28. The van der Waals surface area contributed by atoms with Gasteiger partial charge in [0.25, 0.3) is 0 Å². The van der Waals surface area contributed by atoms with Crippen molar-refractivity contribution in [3.05, 3.63) is 12.2 Å². The summed E-state index contributed by atoms with van der Waals surface area (Å²) in [5.41, 5.74) is -0.468. The fourth-order valence-electron chi connectivity index (χ4n) is 2.21. The van der Waals surface area contributed by atoms with Crippen LogP contribution >= 0.6 is 0 Å². The van der Waals surface area contributed by atoms with E-state index in [0.29, 0.717) is 5.92 Å². The Kier molecular flexibility index (Phi) is 6.05. The van der Waals surface area contributed by atoms with E-state index in [2.05, 4.69) is 10.1 Å². The summed E-state index contributed by atoms with van der Waals surface area (Å²) in [7, 11) is 1.37. The molecule has 0 spiro atoms. The molecule has 1 aliphatic rings. The Bertz CT molecular complexity index is 363. The van der Waals surface area contributed by atoms with Crippen molar-refractivity contribution in [2.45, 2.75) is 58.1 Å². The van der Waals surface area contributed by atoms with Gasteiger partial charge in [0.05, 0.1) is 7.11 Å². The molecule has 1 N–H and O–H groups in total. The molecule has 1 aliphatic carbocycles. The second-order valence-electron chi connectivity index (χ2n) is 6.14. The van der Waals surface area contributed by atoms with Crippen LogP contribution < -0.4 is 5.32 Å². The number of nitrogens with one attached hydrogen (secondary N) is 1. The van der Waals surface area contributed by atoms with Crippen molar-refractivity contribution in [2.75, 3.05) is 7.11 Å². The quantitative estimate of drug-likeness (QED) is 0.639. The highest BCUT2D eigenvalue weighted by Gasteiger charge is 2.23. The van der Waals surface area contributed by atoms with Gasteiger partial charge in [0.15, 0.2) is 0 Å². The lowest BCUT2D eigenvalue weighted by molar-refractivity contribution is -0.134. The normalized spacial score (nSPS) is 23.4. The zero-order valence-electron chi connectivity index (χ0n) is 12.8. The number of alkyl carbamates (subject to hydrolysis) is 1. The van der Waals surface area contributed by atoms with Gasteiger partial charge in [0.1, 0.15) is 5.60 Å². The number of hydrogen-bond acceptors (Lipinski definition) is 4. The summed E-state index contributed by atoms with van der Waals surface area (Å²) in [5, 5.41) is 2.90. The molecule has 1 saturated carbocycles. The smallest absolute Gasteiger partial charge is 0.407 e. The molecule has 1 rings (SSSR count). The maximum atomic E-state index is 11.7. The zero-order valence-corrected chi connectivity index (χ0v) is 12.8. The summed E-state index contributed by atoms with van der Waals surface area (Å²) in [6.07, 6.45) is 6.72. The first-order chi connectivity index (χ1) is 9.30. The summed E-state index contributed by atoms with van der Waals surface area (Å²) in [4.78, 5) is 22.7. The maximum absolute atomic E-state index is 11.7. The fourth-order valence-corrected chi connectivity index (χ4v) is 2.21. The predicted molar refractivity (Wildman–Crippen MR) is 76.3 cm³/mol. The number of allylic oxidation sites excluding steroid dienone is 1. The van der Waals surface area contributed by atoms with Gasteiger partial charge in [-0.25, -0.2) is 9.59 Å². The van der Waals surface area contributed by atoms with Gasteiger partial charge in [-0.2, -0.15) is 0 Å². The first kappa shape index (κ1) is 16.5. The topological polar surface area (TPSA) is 64.6 Å². The highest BCUT2D eigenvalue weighted by atomic mass is 16.6. The predicted octanol–water partition coefficient (Wildman–Crippen LogP) is 2.80. The molecule has 5 nitrogen and oxygen atoms in total. The molecule has 5 heteroatoms. The van der Waals surface area contributed by atoms with Crippen LogP contribution in [-0.4, -0.2) is 30.8 Å². The summed E-state index contributed by atoms with van der Waals surface area (Å²) in [6.45, 7) is 5.54. The first-order valence-electron chi connectivity index (χ1n) is 7.06. The average molecular weight is 283 g/mol. The van der Waals surface area contributed by atoms with Crippen molar-refractivity contribution in [1.29, 1.82) is 0 Å². The minimum Gasteiger partial charge on any atom is -0.466 e. The third kappa shape index (κ3) is 6.59. The molecule has 0 unspecified atom stereocenters. The highest BCUT2D eigenvalue weighted by Crippen LogP contribution is 2.25. The molecule has 0 saturated heterocycles. The Labute approximate surface area is 120 Å². The number of amides is 1. The number of rotatable bonds is 3. The van der Waals surface area contributed by atoms with Gasteiger partial charge >= 0.3 is 12.1 Å². The lowest BCUT2D eigenvalue weighted by Crippen LogP contribution is -2.40. The van der Waals surface area contributed by atoms with Crippen LogP contribution in [0.15, 0.2) is 12.2 Å². The van der Waals surface area contributed by atoms with Crippen molar-refractivity contribution in [1.82, 2.24) is 5.32 Å². The van der Waals surface area contributed by atoms with Gasteiger partial charge < -0.3 is 14.8 Å². The van der Waals surface area contributed by atoms with Crippen LogP contribution in [0.2, 0.25) is 0 Å². The van der Waals surface area contributed by atoms with Crippen LogP contribution in [0.3, 0.4) is 0 Å². The highest BCUT2D eigenvalue weighted by molar-refractivity contribution is 5.81. The molecular weight excluding hydrogens is 258 g/mol. The molecule has 0 bridgehead atoms. The Morgan fingerprint density at radius 1 is 1.15 bits per heavy atom. The van der Waals surface area contributed by atoms with Crippen LogP contribution in [0.1, 0.15) is 46.5 Å². The summed E-state index contributed by atoms with van der Waals surface area (Å²) in [6, 6.07) is 0.160. The molecule has 114 valence electrons. The van der Waals surface area contributed by atoms with Gasteiger partial charge in [-0.3, -0.25) is 0 Å². The Hall–Kier alpha value is -1.52. The third-order valence-electron chi connectivity index (χ3n) is 3.20. The lowest BCUT2D eigenvalue weighted by atomic mass is 9.86. The van der Waals surface area contributed by atoms with E-state index in [1.54, 1.807) is 0 Å². The van der Waals surface area contributed by atoms with E-state index < -0.39 is 5.60 Å². The molecule has 1 fully saturated rings. The van der Waals surface area contributed by atoms with E-state index in [9.17, 15) is 9.59 Å². The van der Waals surface area contributed by atoms with Gasteiger partial charge in [0, 0.05) is 12.1 Å². The molecule has 1 amide bonds. The second kappa shape index (κ2) is 7.31. The number of carbonyl (C=O) groups is 2. The van der Waals surface area contributed by atoms with Crippen LogP contribution in [0, 0.1) is 5.92 Å². The van der Waals surface area contributed by atoms with E-state index in [-0.39, 0.29) is 18.1 Å². The second-order valence-corrected chi connectivity index (χ2v) is 6.14. The van der Waals surface area contributed by atoms with E-state index >= 15 is 0 Å². The van der Waals surface area contributed by atoms with Crippen molar-refractivity contribution in [3.8, 4) is 0 Å². The molecule has 0 aliphatic heterocycles. The molecular formula is C15H25NO4. The van der Waals surface area contributed by atoms with Crippen LogP contribution in [0.25, 0.3) is 0 Å². The Balaban J connectivity index is 2.30. The van der Waals surface area contributed by atoms with Crippen LogP contribution in [0.5, 0.6) is 0 Å². The SMILES string of the molecule is COC(=O)/C=C/C1CCC(NC(=O)OC(C)(C)C)CC1.